The Balaban J connectivity index is 0.000000604. The molecule has 1 fully saturated rings. The van der Waals surface area contributed by atoms with Crippen molar-refractivity contribution in [2.24, 2.45) is 5.73 Å². The van der Waals surface area contributed by atoms with Crippen LogP contribution in [0.25, 0.3) is 4.85 Å². The van der Waals surface area contributed by atoms with E-state index in [0.29, 0.717) is 4.47 Å². The monoisotopic (exact) mass is 568 g/mol. The summed E-state index contributed by atoms with van der Waals surface area (Å²) in [6.07, 6.45) is -5.37. The number of sulfonamides is 1. The molecule has 15 heteroatoms. The molecule has 0 unspecified atom stereocenters. The first-order chi connectivity index (χ1) is 15.8. The lowest BCUT2D eigenvalue weighted by Crippen LogP contribution is -2.50. The zero-order valence-electron chi connectivity index (χ0n) is 17.0. The number of rotatable bonds is 5. The van der Waals surface area contributed by atoms with Crippen LogP contribution in [-0.4, -0.2) is 66.6 Å². The van der Waals surface area contributed by atoms with Crippen molar-refractivity contribution < 1.29 is 40.6 Å². The number of hydrogen-bond acceptors (Lipinski definition) is 7. The van der Waals surface area contributed by atoms with E-state index in [2.05, 4.69) is 25.8 Å². The molecule has 0 amide bonds. The van der Waals surface area contributed by atoms with Gasteiger partial charge in [0.25, 0.3) is 10.0 Å². The molecule has 0 saturated carbocycles. The summed E-state index contributed by atoms with van der Waals surface area (Å²) >= 11 is 3.19. The summed E-state index contributed by atoms with van der Waals surface area (Å²) in [5, 5.41) is 10.6. The van der Waals surface area contributed by atoms with Gasteiger partial charge in [-0.05, 0) is 40.2 Å². The summed E-state index contributed by atoms with van der Waals surface area (Å²) in [7, 11) is -3.99. The molecule has 9 nitrogen and oxygen atoms in total. The molecule has 2 atom stereocenters. The molecule has 2 aromatic rings. The predicted molar refractivity (Wildman–Crippen MR) is 114 cm³/mol. The van der Waals surface area contributed by atoms with Crippen LogP contribution in [0.4, 0.5) is 23.2 Å². The van der Waals surface area contributed by atoms with E-state index in [4.69, 9.17) is 21.8 Å². The minimum absolute atomic E-state index is 0.0581. The highest BCUT2D eigenvalue weighted by molar-refractivity contribution is 9.10. The fourth-order valence-corrected chi connectivity index (χ4v) is 4.47. The Morgan fingerprint density at radius 1 is 1.38 bits per heavy atom. The van der Waals surface area contributed by atoms with Crippen LogP contribution in [0.15, 0.2) is 46.0 Å². The van der Waals surface area contributed by atoms with Gasteiger partial charge in [0.1, 0.15) is 23.3 Å². The maximum atomic E-state index is 13.8. The quantitative estimate of drug-likeness (QED) is 0.322. The number of benzene rings is 1. The predicted octanol–water partition coefficient (Wildman–Crippen LogP) is 2.42. The van der Waals surface area contributed by atoms with E-state index in [1.54, 1.807) is 6.07 Å². The Bertz CT molecular complexity index is 1170. The average molecular weight is 569 g/mol. The number of aromatic nitrogens is 1. The number of pyridine rings is 1. The molecule has 1 aliphatic heterocycles. The van der Waals surface area contributed by atoms with E-state index >= 15 is 0 Å². The maximum Gasteiger partial charge on any atom is 0.446 e. The summed E-state index contributed by atoms with van der Waals surface area (Å²) in [5.74, 6) is -0.715. The summed E-state index contributed by atoms with van der Waals surface area (Å²) in [5.41, 5.74) is 3.83. The van der Waals surface area contributed by atoms with Gasteiger partial charge in [-0.25, -0.2) is 22.6 Å². The lowest BCUT2D eigenvalue weighted by atomic mass is 10.0. The van der Waals surface area contributed by atoms with E-state index in [9.17, 15) is 31.1 Å². The van der Waals surface area contributed by atoms with Crippen molar-refractivity contribution in [3.63, 3.8) is 0 Å². The van der Waals surface area contributed by atoms with Crippen LogP contribution in [0, 0.1) is 12.4 Å². The summed E-state index contributed by atoms with van der Waals surface area (Å²) in [6, 6.07) is 6.52. The molecule has 1 aromatic carbocycles. The molecule has 1 saturated heterocycles. The van der Waals surface area contributed by atoms with Crippen LogP contribution >= 0.6 is 15.9 Å². The molecule has 0 aliphatic carbocycles. The van der Waals surface area contributed by atoms with Gasteiger partial charge in [0.2, 0.25) is 12.0 Å². The van der Waals surface area contributed by atoms with E-state index in [1.807, 2.05) is 0 Å². The van der Waals surface area contributed by atoms with E-state index < -0.39 is 40.0 Å². The second kappa shape index (κ2) is 10.7. The number of aliphatic hydroxyl groups is 1. The lowest BCUT2D eigenvalue weighted by Gasteiger charge is -2.27. The number of ether oxygens (including phenoxy) is 1. The Kier molecular flexibility index (Phi) is 8.72. The molecule has 2 heterocycles. The van der Waals surface area contributed by atoms with Gasteiger partial charge in [-0.15, -0.1) is 0 Å². The maximum absolute atomic E-state index is 13.8. The number of alkyl halides is 3. The highest BCUT2D eigenvalue weighted by atomic mass is 79.9. The third-order valence-corrected chi connectivity index (χ3v) is 6.73. The third kappa shape index (κ3) is 6.70. The highest BCUT2D eigenvalue weighted by Crippen LogP contribution is 2.31. The highest BCUT2D eigenvalue weighted by Gasteiger charge is 2.50. The van der Waals surface area contributed by atoms with Gasteiger partial charge in [-0.1, -0.05) is 0 Å². The third-order valence-electron chi connectivity index (χ3n) is 4.53. The molecular weight excluding hydrogens is 552 g/mol. The van der Waals surface area contributed by atoms with Crippen molar-refractivity contribution in [3.05, 3.63) is 58.2 Å². The van der Waals surface area contributed by atoms with Gasteiger partial charge in [0, 0.05) is 29.8 Å². The summed E-state index contributed by atoms with van der Waals surface area (Å²) in [6.45, 7) is 6.11. The molecule has 0 bridgehead atoms. The Morgan fingerprint density at radius 3 is 2.50 bits per heavy atom. The molecule has 1 aliphatic rings. The van der Waals surface area contributed by atoms with E-state index in [1.165, 1.54) is 24.4 Å². The van der Waals surface area contributed by atoms with Crippen molar-refractivity contribution >= 4 is 37.9 Å². The fraction of sp³-hybridized carbons (Fsp3) is 0.316. The standard InChI is InChI=1S/C17H16BrFN4O4S.C2HF3O/c1-21-14-4-3-12(6-13(14)19)27-15-8-23(10-17(15,24)9-20)28(25,26)16-5-2-11(18)7-22-16;3-2(4,5)1-6/h2-7,15,24H,8-10,20H2;1H/t15-,17-;/m0./s1. The fourth-order valence-electron chi connectivity index (χ4n) is 2.82. The number of nitrogens with zero attached hydrogens (tertiary/aromatic N) is 3. The Morgan fingerprint density at radius 2 is 2.03 bits per heavy atom. The lowest BCUT2D eigenvalue weighted by molar-refractivity contribution is -0.156. The van der Waals surface area contributed by atoms with Crippen LogP contribution < -0.4 is 10.5 Å². The second-order valence-electron chi connectivity index (χ2n) is 6.91. The number of carbonyl (C=O) groups excluding carboxylic acids is 1. The van der Waals surface area contributed by atoms with Gasteiger partial charge in [-0.2, -0.15) is 17.5 Å². The van der Waals surface area contributed by atoms with Crippen molar-refractivity contribution in [1.82, 2.24) is 9.29 Å². The SMILES string of the molecule is O=CC(F)(F)F.[C-]#[N+]c1ccc(O[C@H]2CN(S(=O)(=O)c3ccc(Br)cn3)C[C@@]2(O)CN)cc1F. The molecule has 184 valence electrons. The van der Waals surface area contributed by atoms with Gasteiger partial charge in [-0.3, -0.25) is 4.79 Å². The number of nitrogens with two attached hydrogens (primary N) is 1. The minimum Gasteiger partial charge on any atom is -0.486 e. The number of hydrogen-bond donors (Lipinski definition) is 2. The summed E-state index contributed by atoms with van der Waals surface area (Å²) in [4.78, 5) is 15.6. The first-order valence-corrected chi connectivity index (χ1v) is 11.4. The summed E-state index contributed by atoms with van der Waals surface area (Å²) < 4.78 is 78.0. The van der Waals surface area contributed by atoms with Crippen LogP contribution in [0.5, 0.6) is 5.75 Å². The number of halogens is 5. The Hall–Kier alpha value is -2.64. The minimum atomic E-state index is -4.64. The van der Waals surface area contributed by atoms with Crippen molar-refractivity contribution in [2.75, 3.05) is 19.6 Å². The topological polar surface area (TPSA) is 127 Å². The number of carbonyl (C=O) groups is 1. The molecule has 3 N–H and O–H groups in total. The molecule has 1 aromatic heterocycles. The van der Waals surface area contributed by atoms with Crippen LogP contribution in [-0.2, 0) is 14.8 Å². The van der Waals surface area contributed by atoms with Crippen LogP contribution in [0.1, 0.15) is 0 Å². The van der Waals surface area contributed by atoms with Crippen LogP contribution in [0.3, 0.4) is 0 Å². The molecule has 0 radical (unpaired) electrons. The largest absolute Gasteiger partial charge is 0.486 e. The normalized spacial score (nSPS) is 20.7. The average Bonchev–Trinajstić information content (AvgIpc) is 3.12. The van der Waals surface area contributed by atoms with Crippen molar-refractivity contribution in [2.45, 2.75) is 22.9 Å². The van der Waals surface area contributed by atoms with E-state index in [0.717, 1.165) is 10.4 Å². The van der Waals surface area contributed by atoms with Crippen molar-refractivity contribution in [3.8, 4) is 5.75 Å². The number of aldehydes is 1. The number of β-amino-alcohol motifs (C(OH)–C–C–N with tert-alkyl or cyclic N) is 1. The zero-order chi connectivity index (χ0) is 25.7. The second-order valence-corrected chi connectivity index (χ2v) is 9.71. The van der Waals surface area contributed by atoms with E-state index in [-0.39, 0.29) is 36.1 Å². The smallest absolute Gasteiger partial charge is 0.446 e. The Labute approximate surface area is 200 Å². The first kappa shape index (κ1) is 27.6. The zero-order valence-corrected chi connectivity index (χ0v) is 19.4. The first-order valence-electron chi connectivity index (χ1n) is 9.16. The molecule has 0 spiro atoms. The van der Waals surface area contributed by atoms with Gasteiger partial charge in [0.15, 0.2) is 5.03 Å². The molecule has 34 heavy (non-hydrogen) atoms. The molecular formula is C19H17BrF4N4O5S. The van der Waals surface area contributed by atoms with Crippen molar-refractivity contribution in [1.29, 1.82) is 0 Å². The van der Waals surface area contributed by atoms with Gasteiger partial charge >= 0.3 is 6.18 Å². The van der Waals surface area contributed by atoms with Crippen LogP contribution in [0.2, 0.25) is 0 Å². The van der Waals surface area contributed by atoms with Gasteiger partial charge in [0.05, 0.1) is 13.1 Å². The molecule has 3 rings (SSSR count). The van der Waals surface area contributed by atoms with Gasteiger partial charge < -0.3 is 15.6 Å².